The summed E-state index contributed by atoms with van der Waals surface area (Å²) in [6, 6.07) is 3.53. The Bertz CT molecular complexity index is 816. The zero-order valence-electron chi connectivity index (χ0n) is 10.4. The van der Waals surface area contributed by atoms with Gasteiger partial charge in [-0.05, 0) is 34.1 Å². The Labute approximate surface area is 120 Å². The highest BCUT2D eigenvalue weighted by molar-refractivity contribution is 9.10. The number of halogens is 4. The van der Waals surface area contributed by atoms with Crippen molar-refractivity contribution >= 4 is 32.7 Å². The molecule has 1 aromatic carbocycles. The molecular weight excluding hydrogens is 337 g/mol. The van der Waals surface area contributed by atoms with E-state index in [-0.39, 0.29) is 0 Å². The summed E-state index contributed by atoms with van der Waals surface area (Å²) in [4.78, 5) is 4.26. The monoisotopic (exact) mass is 346 g/mol. The minimum Gasteiger partial charge on any atom is -0.325 e. The van der Waals surface area contributed by atoms with Crippen molar-refractivity contribution in [3.05, 3.63) is 34.1 Å². The van der Waals surface area contributed by atoms with Crippen molar-refractivity contribution in [3.63, 3.8) is 0 Å². The van der Waals surface area contributed by atoms with Crippen molar-refractivity contribution in [2.45, 2.75) is 12.7 Å². The van der Waals surface area contributed by atoms with Crippen LogP contribution >= 0.6 is 15.9 Å². The van der Waals surface area contributed by atoms with Crippen LogP contribution in [0.5, 0.6) is 0 Å². The summed E-state index contributed by atoms with van der Waals surface area (Å²) < 4.78 is 42.3. The zero-order valence-corrected chi connectivity index (χ0v) is 12.0. The molecule has 3 aromatic rings. The number of hydrogen-bond donors (Lipinski definition) is 1. The van der Waals surface area contributed by atoms with Gasteiger partial charge >= 0.3 is 6.18 Å². The fourth-order valence-corrected chi connectivity index (χ4v) is 3.05. The van der Waals surface area contributed by atoms with Crippen molar-refractivity contribution in [2.24, 2.45) is 12.8 Å². The van der Waals surface area contributed by atoms with E-state index in [4.69, 9.17) is 5.73 Å². The van der Waals surface area contributed by atoms with Gasteiger partial charge in [-0.3, -0.25) is 4.40 Å². The number of fused-ring (bicyclic) bond motifs is 3. The molecule has 0 atom stereocenters. The van der Waals surface area contributed by atoms with Crippen molar-refractivity contribution in [1.82, 2.24) is 14.0 Å². The van der Waals surface area contributed by atoms with E-state index in [1.165, 1.54) is 6.07 Å². The number of nitrogens with zero attached hydrogens (tertiary/aromatic N) is 3. The molecule has 20 heavy (non-hydrogen) atoms. The molecule has 8 heteroatoms. The van der Waals surface area contributed by atoms with Gasteiger partial charge in [0, 0.05) is 13.6 Å². The maximum absolute atomic E-state index is 12.7. The lowest BCUT2D eigenvalue weighted by Crippen LogP contribution is -2.05. The smallest absolute Gasteiger partial charge is 0.325 e. The zero-order chi connectivity index (χ0) is 14.7. The predicted octanol–water partition coefficient (Wildman–Crippen LogP) is 3.07. The first-order valence-corrected chi connectivity index (χ1v) is 6.56. The fraction of sp³-hybridized carbons (Fsp3) is 0.250. The second-order valence-corrected chi connectivity index (χ2v) is 5.20. The Morgan fingerprint density at radius 2 is 2.05 bits per heavy atom. The Balaban J connectivity index is 2.36. The highest BCUT2D eigenvalue weighted by Gasteiger charge is 2.31. The van der Waals surface area contributed by atoms with E-state index in [0.717, 1.165) is 17.8 Å². The number of rotatable bonds is 1. The van der Waals surface area contributed by atoms with Gasteiger partial charge in [-0.1, -0.05) is 0 Å². The predicted molar refractivity (Wildman–Crippen MR) is 72.3 cm³/mol. The average Bonchev–Trinajstić information content (AvgIpc) is 2.85. The van der Waals surface area contributed by atoms with Crippen molar-refractivity contribution in [1.29, 1.82) is 0 Å². The molecule has 4 nitrogen and oxygen atoms in total. The minimum atomic E-state index is -4.37. The lowest BCUT2D eigenvalue weighted by molar-refractivity contribution is -0.137. The van der Waals surface area contributed by atoms with Gasteiger partial charge in [0.25, 0.3) is 0 Å². The summed E-state index contributed by atoms with van der Waals surface area (Å²) in [6.07, 6.45) is -4.37. The molecule has 0 fully saturated rings. The third kappa shape index (κ3) is 1.75. The number of nitrogens with two attached hydrogens (primary N) is 1. The van der Waals surface area contributed by atoms with E-state index < -0.39 is 11.7 Å². The van der Waals surface area contributed by atoms with E-state index in [1.54, 1.807) is 16.0 Å². The Morgan fingerprint density at radius 3 is 2.65 bits per heavy atom. The van der Waals surface area contributed by atoms with E-state index in [0.29, 0.717) is 28.0 Å². The summed E-state index contributed by atoms with van der Waals surface area (Å²) in [5, 5.41) is 0. The number of hydrogen-bond acceptors (Lipinski definition) is 2. The van der Waals surface area contributed by atoms with Crippen molar-refractivity contribution < 1.29 is 13.2 Å². The van der Waals surface area contributed by atoms with Crippen LogP contribution in [0.2, 0.25) is 0 Å². The first kappa shape index (κ1) is 13.4. The first-order chi connectivity index (χ1) is 9.34. The fourth-order valence-electron chi connectivity index (χ4n) is 2.27. The Hall–Kier alpha value is -1.54. The van der Waals surface area contributed by atoms with Crippen LogP contribution in [0.3, 0.4) is 0 Å². The molecule has 106 valence electrons. The normalized spacial score (nSPS) is 12.7. The van der Waals surface area contributed by atoms with Crippen LogP contribution in [-0.2, 0) is 19.8 Å². The summed E-state index contributed by atoms with van der Waals surface area (Å²) in [7, 11) is 1.78. The van der Waals surface area contributed by atoms with Gasteiger partial charge in [0.2, 0.25) is 5.78 Å². The van der Waals surface area contributed by atoms with Crippen molar-refractivity contribution in [2.75, 3.05) is 0 Å². The van der Waals surface area contributed by atoms with Gasteiger partial charge in [-0.15, -0.1) is 0 Å². The molecule has 2 aromatic heterocycles. The Kier molecular flexibility index (Phi) is 2.84. The SMILES string of the molecule is Cn1c(CN)c(Br)n2c3ccc(C(F)(F)F)cc3nc12. The molecule has 0 unspecified atom stereocenters. The molecule has 0 aliphatic carbocycles. The molecule has 0 saturated heterocycles. The number of benzene rings is 1. The van der Waals surface area contributed by atoms with Crippen LogP contribution < -0.4 is 5.73 Å². The van der Waals surface area contributed by atoms with Crippen LogP contribution in [0, 0.1) is 0 Å². The van der Waals surface area contributed by atoms with E-state index in [2.05, 4.69) is 20.9 Å². The van der Waals surface area contributed by atoms with Gasteiger partial charge in [0.15, 0.2) is 0 Å². The van der Waals surface area contributed by atoms with Crippen LogP contribution in [0.4, 0.5) is 13.2 Å². The van der Waals surface area contributed by atoms with E-state index >= 15 is 0 Å². The van der Waals surface area contributed by atoms with E-state index in [9.17, 15) is 13.2 Å². The molecule has 0 saturated carbocycles. The van der Waals surface area contributed by atoms with E-state index in [1.807, 2.05) is 0 Å². The average molecular weight is 347 g/mol. The number of aromatic nitrogens is 3. The largest absolute Gasteiger partial charge is 0.416 e. The lowest BCUT2D eigenvalue weighted by atomic mass is 10.2. The summed E-state index contributed by atoms with van der Waals surface area (Å²) in [5.74, 6) is 0.548. The van der Waals surface area contributed by atoms with Crippen LogP contribution in [0.15, 0.2) is 22.8 Å². The highest BCUT2D eigenvalue weighted by atomic mass is 79.9. The number of imidazole rings is 2. The maximum atomic E-state index is 12.7. The van der Waals surface area contributed by atoms with Gasteiger partial charge in [0.05, 0.1) is 22.3 Å². The summed E-state index contributed by atoms with van der Waals surface area (Å²) in [5.41, 5.74) is 6.69. The third-order valence-corrected chi connectivity index (χ3v) is 4.11. The summed E-state index contributed by atoms with van der Waals surface area (Å²) >= 11 is 3.42. The minimum absolute atomic E-state index is 0.301. The van der Waals surface area contributed by atoms with Crippen LogP contribution in [0.25, 0.3) is 16.8 Å². The third-order valence-electron chi connectivity index (χ3n) is 3.30. The molecule has 0 bridgehead atoms. The Morgan fingerprint density at radius 1 is 1.35 bits per heavy atom. The first-order valence-electron chi connectivity index (χ1n) is 5.77. The topological polar surface area (TPSA) is 48.2 Å². The molecular formula is C12H10BrF3N4. The standard InChI is InChI=1S/C12H10BrF3N4/c1-19-9(5-17)10(13)20-8-3-2-6(12(14,15)16)4-7(8)18-11(19)20/h2-4H,5,17H2,1H3. The molecule has 0 amide bonds. The number of aryl methyl sites for hydroxylation is 1. The molecule has 0 aliphatic heterocycles. The van der Waals surface area contributed by atoms with Crippen molar-refractivity contribution in [3.8, 4) is 0 Å². The quantitative estimate of drug-likeness (QED) is 0.736. The molecule has 0 radical (unpaired) electrons. The number of alkyl halides is 3. The van der Waals surface area contributed by atoms with Gasteiger partial charge in [-0.25, -0.2) is 4.98 Å². The van der Waals surface area contributed by atoms with Gasteiger partial charge in [-0.2, -0.15) is 13.2 Å². The molecule has 0 spiro atoms. The van der Waals surface area contributed by atoms with Gasteiger partial charge in [0.1, 0.15) is 4.60 Å². The maximum Gasteiger partial charge on any atom is 0.416 e. The second-order valence-electron chi connectivity index (χ2n) is 4.45. The lowest BCUT2D eigenvalue weighted by Gasteiger charge is -2.05. The summed E-state index contributed by atoms with van der Waals surface area (Å²) in [6.45, 7) is 0.308. The van der Waals surface area contributed by atoms with Gasteiger partial charge < -0.3 is 10.3 Å². The molecule has 0 aliphatic rings. The molecule has 3 rings (SSSR count). The molecule has 2 N–H and O–H groups in total. The van der Waals surface area contributed by atoms with Crippen LogP contribution in [0.1, 0.15) is 11.3 Å². The second kappa shape index (κ2) is 4.23. The van der Waals surface area contributed by atoms with Crippen LogP contribution in [-0.4, -0.2) is 14.0 Å². The highest BCUT2D eigenvalue weighted by Crippen LogP contribution is 2.33. The molecule has 2 heterocycles.